The van der Waals surface area contributed by atoms with Crippen molar-refractivity contribution < 1.29 is 9.67 Å². The number of unbranched alkanes of at least 4 members (excludes halogenated alkanes) is 7. The molecule has 0 aromatic heterocycles. The van der Waals surface area contributed by atoms with Gasteiger partial charge in [-0.2, -0.15) is 0 Å². The molecule has 102 valence electrons. The zero-order valence-corrected chi connectivity index (χ0v) is 12.6. The molecule has 0 bridgehead atoms. The molecule has 1 atom stereocenters. The van der Waals surface area contributed by atoms with Gasteiger partial charge in [-0.25, -0.2) is 0 Å². The van der Waals surface area contributed by atoms with Gasteiger partial charge in [-0.15, -0.1) is 0 Å². The second-order valence-electron chi connectivity index (χ2n) is 5.52. The largest absolute Gasteiger partial charge is 0.392 e. The maximum atomic E-state index is 10.8. The van der Waals surface area contributed by atoms with Gasteiger partial charge in [0.05, 0.1) is 11.3 Å². The number of rotatable bonds is 11. The molecule has 0 aliphatic heterocycles. The molecule has 17 heavy (non-hydrogen) atoms. The van der Waals surface area contributed by atoms with Gasteiger partial charge in [-0.3, -0.25) is 4.57 Å². The lowest BCUT2D eigenvalue weighted by Crippen LogP contribution is -2.30. The molecule has 0 rings (SSSR count). The first-order valence-electron chi connectivity index (χ1n) is 7.07. The molecule has 0 spiro atoms. The Balaban J connectivity index is 3.36. The van der Waals surface area contributed by atoms with Crippen molar-refractivity contribution in [3.8, 4) is 0 Å². The summed E-state index contributed by atoms with van der Waals surface area (Å²) in [6.07, 6.45) is 10.5. The molecule has 0 aliphatic carbocycles. The minimum atomic E-state index is -0.485. The van der Waals surface area contributed by atoms with Crippen LogP contribution in [0.25, 0.3) is 0 Å². The molecule has 2 nitrogen and oxygen atoms in total. The van der Waals surface area contributed by atoms with Crippen LogP contribution in [0.15, 0.2) is 0 Å². The van der Waals surface area contributed by atoms with E-state index in [0.717, 1.165) is 12.8 Å². The highest BCUT2D eigenvalue weighted by Crippen LogP contribution is 2.28. The predicted molar refractivity (Wildman–Crippen MR) is 74.9 cm³/mol. The van der Waals surface area contributed by atoms with Crippen LogP contribution in [0.4, 0.5) is 0 Å². The van der Waals surface area contributed by atoms with Crippen LogP contribution >= 0.6 is 8.46 Å². The summed E-state index contributed by atoms with van der Waals surface area (Å²) in [5.74, 6) is 0. The molecule has 1 N–H and O–H groups in total. The lowest BCUT2D eigenvalue weighted by atomic mass is 9.99. The first kappa shape index (κ1) is 17.1. The summed E-state index contributed by atoms with van der Waals surface area (Å²) in [5.41, 5.74) is 0. The van der Waals surface area contributed by atoms with Gasteiger partial charge in [0.15, 0.2) is 8.46 Å². The van der Waals surface area contributed by atoms with Crippen molar-refractivity contribution in [3.63, 3.8) is 0 Å². The van der Waals surface area contributed by atoms with Crippen LogP contribution in [0.2, 0.25) is 0 Å². The Bertz CT molecular complexity index is 193. The van der Waals surface area contributed by atoms with Gasteiger partial charge in [0.25, 0.3) is 0 Å². The van der Waals surface area contributed by atoms with E-state index in [0.29, 0.717) is 0 Å². The van der Waals surface area contributed by atoms with Crippen molar-refractivity contribution in [2.75, 3.05) is 0 Å². The van der Waals surface area contributed by atoms with Crippen LogP contribution in [-0.4, -0.2) is 16.4 Å². The fraction of sp³-hybridized carbons (Fsp3) is 1.00. The van der Waals surface area contributed by atoms with Gasteiger partial charge in [0.2, 0.25) is 0 Å². The number of hydrogen-bond donors (Lipinski definition) is 1. The molecule has 3 heteroatoms. The van der Waals surface area contributed by atoms with Gasteiger partial charge in [-0.05, 0) is 20.3 Å². The van der Waals surface area contributed by atoms with Crippen LogP contribution in [0.1, 0.15) is 78.6 Å². The predicted octanol–water partition coefficient (Wildman–Crippen LogP) is 4.95. The molecule has 0 saturated heterocycles. The summed E-state index contributed by atoms with van der Waals surface area (Å²) >= 11 is 0. The van der Waals surface area contributed by atoms with E-state index < -0.39 is 11.3 Å². The Kier molecular flexibility index (Phi) is 10.1. The summed E-state index contributed by atoms with van der Waals surface area (Å²) in [5, 5.41) is 9.36. The monoisotopic (exact) mass is 260 g/mol. The summed E-state index contributed by atoms with van der Waals surface area (Å²) in [4.78, 5) is 0. The fourth-order valence-electron chi connectivity index (χ4n) is 1.89. The van der Waals surface area contributed by atoms with Crippen molar-refractivity contribution >= 4 is 8.46 Å². The first-order valence-corrected chi connectivity index (χ1v) is 7.88. The maximum Gasteiger partial charge on any atom is 0.164 e. The van der Waals surface area contributed by atoms with E-state index in [-0.39, 0.29) is 8.46 Å². The Labute approximate surface area is 108 Å². The summed E-state index contributed by atoms with van der Waals surface area (Å²) < 4.78 is 10.8. The van der Waals surface area contributed by atoms with Crippen LogP contribution in [-0.2, 0) is 4.57 Å². The fourth-order valence-corrected chi connectivity index (χ4v) is 2.14. The van der Waals surface area contributed by atoms with Gasteiger partial charge >= 0.3 is 0 Å². The second-order valence-corrected chi connectivity index (χ2v) is 6.86. The van der Waals surface area contributed by atoms with Crippen LogP contribution in [0.5, 0.6) is 0 Å². The molecule has 0 saturated carbocycles. The molecule has 0 radical (unpaired) electrons. The third kappa shape index (κ3) is 8.74. The van der Waals surface area contributed by atoms with Gasteiger partial charge < -0.3 is 5.11 Å². The van der Waals surface area contributed by atoms with E-state index in [1.807, 2.05) is 13.8 Å². The molecule has 1 unspecified atom stereocenters. The molecular formula is C14H29O2P. The Morgan fingerprint density at radius 2 is 1.47 bits per heavy atom. The van der Waals surface area contributed by atoms with E-state index in [1.54, 1.807) is 0 Å². The smallest absolute Gasteiger partial charge is 0.164 e. The van der Waals surface area contributed by atoms with Crippen LogP contribution < -0.4 is 0 Å². The lowest BCUT2D eigenvalue weighted by molar-refractivity contribution is 0.126. The molecule has 0 fully saturated rings. The molecule has 0 amide bonds. The van der Waals surface area contributed by atoms with Crippen LogP contribution in [0.3, 0.4) is 0 Å². The number of aliphatic hydroxyl groups excluding tert-OH is 1. The van der Waals surface area contributed by atoms with E-state index in [2.05, 4.69) is 6.92 Å². The summed E-state index contributed by atoms with van der Waals surface area (Å²) in [6.45, 7) is 5.92. The van der Waals surface area contributed by atoms with Gasteiger partial charge in [0, 0.05) is 0 Å². The standard InChI is InChI=1S/C14H29O2P/c1-4-5-6-7-8-9-10-11-12-13(15)14(2,3)17-16/h13,15H,4-12H2,1-3H3. The minimum absolute atomic E-state index is 0.0447. The van der Waals surface area contributed by atoms with E-state index in [1.165, 1.54) is 44.9 Å². The molecule has 0 heterocycles. The normalized spacial score (nSPS) is 14.1. The van der Waals surface area contributed by atoms with Crippen LogP contribution in [0, 0.1) is 0 Å². The molecule has 0 aliphatic rings. The Hall–Kier alpha value is 0.0600. The highest BCUT2D eigenvalue weighted by Gasteiger charge is 2.27. The van der Waals surface area contributed by atoms with E-state index in [9.17, 15) is 9.67 Å². The minimum Gasteiger partial charge on any atom is -0.392 e. The van der Waals surface area contributed by atoms with Gasteiger partial charge in [-0.1, -0.05) is 58.3 Å². The highest BCUT2D eigenvalue weighted by molar-refractivity contribution is 7.26. The Morgan fingerprint density at radius 3 is 1.94 bits per heavy atom. The average Bonchev–Trinajstić information content (AvgIpc) is 2.32. The zero-order chi connectivity index (χ0) is 13.1. The highest BCUT2D eigenvalue weighted by atomic mass is 31.1. The summed E-state index contributed by atoms with van der Waals surface area (Å²) in [6, 6.07) is 0. The van der Waals surface area contributed by atoms with E-state index >= 15 is 0 Å². The average molecular weight is 260 g/mol. The number of hydrogen-bond acceptors (Lipinski definition) is 2. The lowest BCUT2D eigenvalue weighted by Gasteiger charge is -2.22. The van der Waals surface area contributed by atoms with E-state index in [4.69, 9.17) is 0 Å². The topological polar surface area (TPSA) is 37.3 Å². The van der Waals surface area contributed by atoms with Gasteiger partial charge in [0.1, 0.15) is 0 Å². The third-order valence-corrected chi connectivity index (χ3v) is 4.15. The first-order chi connectivity index (χ1) is 8.04. The maximum absolute atomic E-state index is 10.8. The molecule has 0 aromatic rings. The van der Waals surface area contributed by atoms with Crippen molar-refractivity contribution in [1.29, 1.82) is 0 Å². The number of aliphatic hydroxyl groups is 1. The Morgan fingerprint density at radius 1 is 1.00 bits per heavy atom. The second kappa shape index (κ2) is 10.0. The molecular weight excluding hydrogens is 231 g/mol. The summed E-state index contributed by atoms with van der Waals surface area (Å²) in [7, 11) is 0.0447. The SMILES string of the molecule is CCCCCCCCCCC(O)C(C)(C)P=O. The van der Waals surface area contributed by atoms with Crippen molar-refractivity contribution in [1.82, 2.24) is 0 Å². The quantitative estimate of drug-likeness (QED) is 0.421. The zero-order valence-electron chi connectivity index (χ0n) is 11.7. The van der Waals surface area contributed by atoms with Crippen molar-refractivity contribution in [2.24, 2.45) is 0 Å². The molecule has 0 aromatic carbocycles. The third-order valence-electron chi connectivity index (χ3n) is 3.38. The van der Waals surface area contributed by atoms with Crippen molar-refractivity contribution in [3.05, 3.63) is 0 Å². The van der Waals surface area contributed by atoms with Crippen molar-refractivity contribution in [2.45, 2.75) is 89.8 Å².